The van der Waals surface area contributed by atoms with Gasteiger partial charge in [-0.1, -0.05) is 30.3 Å². The number of likely N-dealkylation sites (N-methyl/N-ethyl adjacent to an activating group) is 1. The number of piperazine rings is 1. The third kappa shape index (κ3) is 6.13. The lowest BCUT2D eigenvalue weighted by molar-refractivity contribution is -0.132. The van der Waals surface area contributed by atoms with E-state index in [2.05, 4.69) is 50.9 Å². The molecular formula is C30H31F2N5O2. The molecule has 2 aliphatic rings. The summed E-state index contributed by atoms with van der Waals surface area (Å²) in [5, 5.41) is 0.681. The SMILES string of the molecule is [C-]#[N+][C@@H]1CC(F)(F)CN1C(=O)CCC(=O)c1ccnc2ccc(-c3ccc(CN4CCN(C)CC4)cc3)cc12. The first kappa shape index (κ1) is 26.9. The first-order valence-electron chi connectivity index (χ1n) is 13.2. The number of nitrogens with zero attached hydrogens (tertiary/aromatic N) is 5. The zero-order chi connectivity index (χ0) is 27.6. The Balaban J connectivity index is 1.28. The second-order valence-corrected chi connectivity index (χ2v) is 10.5. The quantitative estimate of drug-likeness (QED) is 0.326. The first-order valence-corrected chi connectivity index (χ1v) is 13.2. The molecule has 3 aromatic rings. The minimum atomic E-state index is -3.07. The zero-order valence-electron chi connectivity index (χ0n) is 21.9. The molecule has 2 fully saturated rings. The molecule has 9 heteroatoms. The fourth-order valence-electron chi connectivity index (χ4n) is 5.30. The van der Waals surface area contributed by atoms with Crippen LogP contribution in [0.15, 0.2) is 54.7 Å². The number of pyridine rings is 1. The predicted octanol–water partition coefficient (Wildman–Crippen LogP) is 4.73. The van der Waals surface area contributed by atoms with Crippen LogP contribution >= 0.6 is 0 Å². The zero-order valence-corrected chi connectivity index (χ0v) is 21.9. The van der Waals surface area contributed by atoms with Crippen molar-refractivity contribution in [2.75, 3.05) is 39.8 Å². The number of ketones is 1. The lowest BCUT2D eigenvalue weighted by Gasteiger charge is -2.32. The van der Waals surface area contributed by atoms with Crippen molar-refractivity contribution in [2.45, 2.75) is 37.9 Å². The summed E-state index contributed by atoms with van der Waals surface area (Å²) in [6, 6.07) is 15.9. The number of aromatic nitrogens is 1. The fraction of sp³-hybridized carbons (Fsp3) is 0.400. The van der Waals surface area contributed by atoms with E-state index < -0.39 is 31.0 Å². The maximum Gasteiger partial charge on any atom is 0.306 e. The number of benzene rings is 2. The number of carbonyl (C=O) groups excluding carboxylic acids is 2. The number of likely N-dealkylation sites (tertiary alicyclic amines) is 1. The van der Waals surface area contributed by atoms with E-state index >= 15 is 0 Å². The number of rotatable bonds is 7. The maximum atomic E-state index is 13.7. The molecule has 7 nitrogen and oxygen atoms in total. The summed E-state index contributed by atoms with van der Waals surface area (Å²) in [6.07, 6.45) is -0.639. The summed E-state index contributed by atoms with van der Waals surface area (Å²) in [5.41, 5.74) is 4.33. The summed E-state index contributed by atoms with van der Waals surface area (Å²) in [7, 11) is 2.15. The second-order valence-electron chi connectivity index (χ2n) is 10.5. The van der Waals surface area contributed by atoms with Crippen LogP contribution in [-0.2, 0) is 11.3 Å². The third-order valence-electron chi connectivity index (χ3n) is 7.61. The number of fused-ring (bicyclic) bond motifs is 1. The molecule has 2 aliphatic heterocycles. The van der Waals surface area contributed by atoms with Crippen molar-refractivity contribution in [1.82, 2.24) is 19.7 Å². The molecule has 0 radical (unpaired) electrons. The molecule has 5 rings (SSSR count). The van der Waals surface area contributed by atoms with Crippen molar-refractivity contribution < 1.29 is 18.4 Å². The van der Waals surface area contributed by atoms with Gasteiger partial charge in [0.15, 0.2) is 5.78 Å². The minimum absolute atomic E-state index is 0.129. The number of halogens is 2. The minimum Gasteiger partial charge on any atom is -0.304 e. The summed E-state index contributed by atoms with van der Waals surface area (Å²) in [6.45, 7) is 11.5. The van der Waals surface area contributed by atoms with Gasteiger partial charge in [0, 0.05) is 62.7 Å². The molecule has 0 N–H and O–H groups in total. The Bertz CT molecular complexity index is 1410. The van der Waals surface area contributed by atoms with Crippen LogP contribution in [0.5, 0.6) is 0 Å². The molecule has 39 heavy (non-hydrogen) atoms. The third-order valence-corrected chi connectivity index (χ3v) is 7.61. The summed E-state index contributed by atoms with van der Waals surface area (Å²) in [4.78, 5) is 39.0. The van der Waals surface area contributed by atoms with Crippen LogP contribution < -0.4 is 0 Å². The molecular weight excluding hydrogens is 500 g/mol. The van der Waals surface area contributed by atoms with Crippen LogP contribution in [0.3, 0.4) is 0 Å². The molecule has 0 unspecified atom stereocenters. The lowest BCUT2D eigenvalue weighted by atomic mass is 9.97. The molecule has 202 valence electrons. The maximum absolute atomic E-state index is 13.7. The van der Waals surface area contributed by atoms with Crippen molar-refractivity contribution in [3.05, 3.63) is 77.3 Å². The molecule has 2 aromatic carbocycles. The number of hydrogen-bond donors (Lipinski definition) is 0. The average molecular weight is 532 g/mol. The van der Waals surface area contributed by atoms with Gasteiger partial charge in [-0.05, 0) is 41.9 Å². The van der Waals surface area contributed by atoms with Gasteiger partial charge in [-0.3, -0.25) is 29.2 Å². The standard InChI is InChI=1S/C30H31F2N5O2/c1-33-28-18-30(31,32)20-37(28)29(39)10-9-27(38)24-11-12-34-26-8-7-23(17-25(24)26)22-5-3-21(4-6-22)19-36-15-13-35(2)14-16-36/h3-8,11-12,17,28H,9-10,13-16,18-20H2,2H3/t28-/m0/s1. The second kappa shape index (κ2) is 11.2. The Morgan fingerprint density at radius 2 is 1.74 bits per heavy atom. The van der Waals surface area contributed by atoms with E-state index in [1.165, 1.54) is 5.56 Å². The Kier molecular flexibility index (Phi) is 7.69. The van der Waals surface area contributed by atoms with Gasteiger partial charge in [0.1, 0.15) is 6.42 Å². The van der Waals surface area contributed by atoms with E-state index in [1.807, 2.05) is 18.2 Å². The van der Waals surface area contributed by atoms with Gasteiger partial charge in [-0.2, -0.15) is 0 Å². The first-order chi connectivity index (χ1) is 18.7. The van der Waals surface area contributed by atoms with Gasteiger partial charge in [0.25, 0.3) is 5.92 Å². The molecule has 0 spiro atoms. The predicted molar refractivity (Wildman–Crippen MR) is 145 cm³/mol. The van der Waals surface area contributed by atoms with Crippen molar-refractivity contribution >= 4 is 22.6 Å². The van der Waals surface area contributed by atoms with Crippen LogP contribution in [0.25, 0.3) is 26.9 Å². The Labute approximate surface area is 226 Å². The average Bonchev–Trinajstić information content (AvgIpc) is 3.27. The highest BCUT2D eigenvalue weighted by molar-refractivity contribution is 6.08. The highest BCUT2D eigenvalue weighted by Crippen LogP contribution is 2.33. The van der Waals surface area contributed by atoms with Gasteiger partial charge in [-0.15, -0.1) is 0 Å². The largest absolute Gasteiger partial charge is 0.306 e. The molecule has 1 aromatic heterocycles. The number of alkyl halides is 2. The molecule has 0 bridgehead atoms. The van der Waals surface area contributed by atoms with Crippen molar-refractivity contribution in [3.8, 4) is 11.1 Å². The summed E-state index contributed by atoms with van der Waals surface area (Å²) >= 11 is 0. The van der Waals surface area contributed by atoms with E-state index in [9.17, 15) is 18.4 Å². The van der Waals surface area contributed by atoms with Crippen molar-refractivity contribution in [2.24, 2.45) is 0 Å². The molecule has 0 saturated carbocycles. The molecule has 0 aliphatic carbocycles. The summed E-state index contributed by atoms with van der Waals surface area (Å²) in [5.74, 6) is -3.94. The number of amides is 1. The lowest BCUT2D eigenvalue weighted by Crippen LogP contribution is -2.43. The molecule has 1 amide bonds. The van der Waals surface area contributed by atoms with Crippen LogP contribution in [-0.4, -0.2) is 83.2 Å². The van der Waals surface area contributed by atoms with Crippen LogP contribution in [0, 0.1) is 6.57 Å². The van der Waals surface area contributed by atoms with Gasteiger partial charge in [0.05, 0.1) is 12.1 Å². The summed E-state index contributed by atoms with van der Waals surface area (Å²) < 4.78 is 27.5. The van der Waals surface area contributed by atoms with E-state index in [0.717, 1.165) is 48.8 Å². The Morgan fingerprint density at radius 1 is 1.03 bits per heavy atom. The van der Waals surface area contributed by atoms with Gasteiger partial charge < -0.3 is 4.90 Å². The van der Waals surface area contributed by atoms with E-state index in [0.29, 0.717) is 16.5 Å². The van der Waals surface area contributed by atoms with Gasteiger partial charge in [-0.25, -0.2) is 15.4 Å². The number of Topliss-reactive ketones (excluding diaryl/α,β-unsaturated/α-hetero) is 1. The van der Waals surface area contributed by atoms with Crippen LogP contribution in [0.4, 0.5) is 8.78 Å². The van der Waals surface area contributed by atoms with Gasteiger partial charge >= 0.3 is 6.17 Å². The fourth-order valence-corrected chi connectivity index (χ4v) is 5.30. The van der Waals surface area contributed by atoms with E-state index in [-0.39, 0.29) is 18.6 Å². The van der Waals surface area contributed by atoms with E-state index in [1.54, 1.807) is 12.3 Å². The molecule has 1 atom stereocenters. The monoisotopic (exact) mass is 531 g/mol. The number of carbonyl (C=O) groups is 2. The van der Waals surface area contributed by atoms with Gasteiger partial charge in [0.2, 0.25) is 5.91 Å². The van der Waals surface area contributed by atoms with Crippen LogP contribution in [0.1, 0.15) is 35.2 Å². The highest BCUT2D eigenvalue weighted by atomic mass is 19.3. The normalized spacial score (nSPS) is 19.7. The van der Waals surface area contributed by atoms with Crippen molar-refractivity contribution in [1.29, 1.82) is 0 Å². The molecule has 2 saturated heterocycles. The molecule has 3 heterocycles. The smallest absolute Gasteiger partial charge is 0.304 e. The van der Waals surface area contributed by atoms with Crippen LogP contribution in [0.2, 0.25) is 0 Å². The Morgan fingerprint density at radius 3 is 2.46 bits per heavy atom. The number of hydrogen-bond acceptors (Lipinski definition) is 5. The topological polar surface area (TPSA) is 61.1 Å². The van der Waals surface area contributed by atoms with Crippen molar-refractivity contribution in [3.63, 3.8) is 0 Å². The Hall–Kier alpha value is -3.74. The highest BCUT2D eigenvalue weighted by Gasteiger charge is 2.50. The van der Waals surface area contributed by atoms with E-state index in [4.69, 9.17) is 6.57 Å².